The summed E-state index contributed by atoms with van der Waals surface area (Å²) in [4.78, 5) is 12.3. The van der Waals surface area contributed by atoms with Crippen LogP contribution in [-0.2, 0) is 9.53 Å². The zero-order valence-electron chi connectivity index (χ0n) is 16.5. The first-order valence-electron chi connectivity index (χ1n) is 9.52. The maximum atomic E-state index is 12.3. The Morgan fingerprint density at radius 1 is 1.40 bits per heavy atom. The standard InChI is InChI=1S/C21H36O4/c1-15(2)17(4)13-19(23)16(3)7-6-11-21(5)20(24)9-8-18(10-12-22)14-25-21/h10,13,15-16,20,22,24H,6-9,11-12,14H2,1-5H3/b17-13+,18-10+/t16?,20-,21+/m1/s1. The van der Waals surface area contributed by atoms with Crippen LogP contribution in [0.1, 0.15) is 66.7 Å². The van der Waals surface area contributed by atoms with Gasteiger partial charge in [-0.3, -0.25) is 4.79 Å². The van der Waals surface area contributed by atoms with Crippen molar-refractivity contribution in [3.05, 3.63) is 23.3 Å². The van der Waals surface area contributed by atoms with Crippen LogP contribution in [0.3, 0.4) is 0 Å². The highest BCUT2D eigenvalue weighted by Gasteiger charge is 2.36. The zero-order chi connectivity index (χ0) is 19.0. The van der Waals surface area contributed by atoms with Crippen molar-refractivity contribution in [1.82, 2.24) is 0 Å². The van der Waals surface area contributed by atoms with E-state index in [1.165, 1.54) is 0 Å². The van der Waals surface area contributed by atoms with E-state index in [2.05, 4.69) is 13.8 Å². The summed E-state index contributed by atoms with van der Waals surface area (Å²) in [5, 5.41) is 19.5. The summed E-state index contributed by atoms with van der Waals surface area (Å²) in [6.45, 7) is 10.6. The summed E-state index contributed by atoms with van der Waals surface area (Å²) in [6.07, 6.45) is 6.79. The summed E-state index contributed by atoms with van der Waals surface area (Å²) >= 11 is 0. The number of hydrogen-bond donors (Lipinski definition) is 2. The van der Waals surface area contributed by atoms with E-state index >= 15 is 0 Å². The number of carbonyl (C=O) groups excluding carboxylic acids is 1. The molecule has 4 heteroatoms. The summed E-state index contributed by atoms with van der Waals surface area (Å²) in [5.74, 6) is 0.572. The number of aliphatic hydroxyl groups is 2. The van der Waals surface area contributed by atoms with E-state index in [4.69, 9.17) is 9.84 Å². The van der Waals surface area contributed by atoms with Crippen molar-refractivity contribution in [2.24, 2.45) is 11.8 Å². The molecule has 1 aliphatic heterocycles. The van der Waals surface area contributed by atoms with E-state index in [1.807, 2.05) is 20.8 Å². The van der Waals surface area contributed by atoms with Gasteiger partial charge in [0, 0.05) is 5.92 Å². The highest BCUT2D eigenvalue weighted by molar-refractivity contribution is 5.92. The van der Waals surface area contributed by atoms with Gasteiger partial charge in [0.1, 0.15) is 0 Å². The molecule has 2 N–H and O–H groups in total. The number of rotatable bonds is 8. The fourth-order valence-corrected chi connectivity index (χ4v) is 3.02. The normalized spacial score (nSPS) is 28.2. The minimum Gasteiger partial charge on any atom is -0.392 e. The molecule has 144 valence electrons. The van der Waals surface area contributed by atoms with Gasteiger partial charge < -0.3 is 14.9 Å². The highest BCUT2D eigenvalue weighted by Crippen LogP contribution is 2.31. The van der Waals surface area contributed by atoms with Gasteiger partial charge in [-0.05, 0) is 63.5 Å². The Bertz CT molecular complexity index is 492. The Hall–Kier alpha value is -0.970. The fraction of sp³-hybridized carbons (Fsp3) is 0.762. The predicted molar refractivity (Wildman–Crippen MR) is 101 cm³/mol. The molecule has 1 aliphatic rings. The molecule has 0 aliphatic carbocycles. The van der Waals surface area contributed by atoms with Gasteiger partial charge >= 0.3 is 0 Å². The van der Waals surface area contributed by atoms with Crippen LogP contribution < -0.4 is 0 Å². The molecular formula is C21H36O4. The van der Waals surface area contributed by atoms with Crippen LogP contribution in [0.4, 0.5) is 0 Å². The van der Waals surface area contributed by atoms with Crippen LogP contribution in [0, 0.1) is 11.8 Å². The quantitative estimate of drug-likeness (QED) is 0.515. The smallest absolute Gasteiger partial charge is 0.158 e. The summed E-state index contributed by atoms with van der Waals surface area (Å²) in [6, 6.07) is 0. The van der Waals surface area contributed by atoms with Crippen LogP contribution >= 0.6 is 0 Å². The molecule has 0 radical (unpaired) electrons. The molecule has 4 nitrogen and oxygen atoms in total. The van der Waals surface area contributed by atoms with E-state index in [1.54, 1.807) is 12.2 Å². The molecule has 0 saturated carbocycles. The van der Waals surface area contributed by atoms with Crippen molar-refractivity contribution in [3.8, 4) is 0 Å². The lowest BCUT2D eigenvalue weighted by atomic mass is 9.87. The van der Waals surface area contributed by atoms with Gasteiger partial charge in [0.2, 0.25) is 0 Å². The van der Waals surface area contributed by atoms with E-state index in [-0.39, 0.29) is 18.3 Å². The molecule has 0 aromatic heterocycles. The number of carbonyl (C=O) groups is 1. The Balaban J connectivity index is 2.54. The Morgan fingerprint density at radius 3 is 2.68 bits per heavy atom. The van der Waals surface area contributed by atoms with Crippen LogP contribution in [-0.4, -0.2) is 40.9 Å². The van der Waals surface area contributed by atoms with Crippen molar-refractivity contribution in [1.29, 1.82) is 0 Å². The van der Waals surface area contributed by atoms with E-state index in [9.17, 15) is 9.90 Å². The summed E-state index contributed by atoms with van der Waals surface area (Å²) in [5.41, 5.74) is 1.58. The topological polar surface area (TPSA) is 66.8 Å². The van der Waals surface area contributed by atoms with Crippen LogP contribution in [0.2, 0.25) is 0 Å². The largest absolute Gasteiger partial charge is 0.392 e. The lowest BCUT2D eigenvalue weighted by molar-refractivity contribution is -0.118. The second-order valence-electron chi connectivity index (χ2n) is 7.94. The van der Waals surface area contributed by atoms with Gasteiger partial charge in [-0.2, -0.15) is 0 Å². The number of ketones is 1. The molecule has 1 saturated heterocycles. The van der Waals surface area contributed by atoms with Crippen molar-refractivity contribution < 1.29 is 19.7 Å². The maximum absolute atomic E-state index is 12.3. The number of allylic oxidation sites excluding steroid dienone is 2. The van der Waals surface area contributed by atoms with Crippen molar-refractivity contribution in [2.75, 3.05) is 13.2 Å². The maximum Gasteiger partial charge on any atom is 0.158 e. The van der Waals surface area contributed by atoms with Gasteiger partial charge in [0.25, 0.3) is 0 Å². The monoisotopic (exact) mass is 352 g/mol. The second kappa shape index (κ2) is 10.2. The molecule has 0 aromatic carbocycles. The third-order valence-corrected chi connectivity index (χ3v) is 5.49. The molecule has 25 heavy (non-hydrogen) atoms. The van der Waals surface area contributed by atoms with Crippen LogP contribution in [0.15, 0.2) is 23.3 Å². The minimum atomic E-state index is -0.586. The van der Waals surface area contributed by atoms with Gasteiger partial charge in [0.15, 0.2) is 5.78 Å². The highest BCUT2D eigenvalue weighted by atomic mass is 16.5. The number of aliphatic hydroxyl groups excluding tert-OH is 2. The molecule has 1 heterocycles. The van der Waals surface area contributed by atoms with Crippen LogP contribution in [0.25, 0.3) is 0 Å². The van der Waals surface area contributed by atoms with Crippen molar-refractivity contribution in [3.63, 3.8) is 0 Å². The fourth-order valence-electron chi connectivity index (χ4n) is 3.02. The summed E-state index contributed by atoms with van der Waals surface area (Å²) in [7, 11) is 0. The van der Waals surface area contributed by atoms with Gasteiger partial charge in [-0.1, -0.05) is 32.4 Å². The molecular weight excluding hydrogens is 316 g/mol. The SMILES string of the molecule is C/C(=C\C(=O)C(C)CCC[C@]1(C)OC/C(=C/CO)CC[C@H]1O)C(C)C. The molecule has 0 aromatic rings. The average molecular weight is 353 g/mol. The number of ether oxygens (including phenoxy) is 1. The van der Waals surface area contributed by atoms with Crippen LogP contribution in [0.5, 0.6) is 0 Å². The lowest BCUT2D eigenvalue weighted by Gasteiger charge is -2.33. The molecule has 1 rings (SSSR count). The van der Waals surface area contributed by atoms with E-state index < -0.39 is 11.7 Å². The van der Waals surface area contributed by atoms with Crippen molar-refractivity contribution in [2.45, 2.75) is 78.4 Å². The molecule has 1 unspecified atom stereocenters. The minimum absolute atomic E-state index is 0.00837. The first-order valence-corrected chi connectivity index (χ1v) is 9.52. The third kappa shape index (κ3) is 7.04. The van der Waals surface area contributed by atoms with E-state index in [0.29, 0.717) is 18.9 Å². The van der Waals surface area contributed by atoms with Gasteiger partial charge in [-0.25, -0.2) is 0 Å². The van der Waals surface area contributed by atoms with E-state index in [0.717, 1.165) is 36.8 Å². The molecule has 1 fully saturated rings. The molecule has 0 amide bonds. The molecule has 0 bridgehead atoms. The summed E-state index contributed by atoms with van der Waals surface area (Å²) < 4.78 is 5.98. The molecule has 0 spiro atoms. The average Bonchev–Trinajstić information content (AvgIpc) is 2.69. The Kier molecular flexibility index (Phi) is 9.04. The predicted octanol–water partition coefficient (Wildman–Crippen LogP) is 3.81. The van der Waals surface area contributed by atoms with Gasteiger partial charge in [-0.15, -0.1) is 0 Å². The second-order valence-corrected chi connectivity index (χ2v) is 7.94. The Morgan fingerprint density at radius 2 is 2.08 bits per heavy atom. The number of hydrogen-bond acceptors (Lipinski definition) is 4. The first-order chi connectivity index (χ1) is 11.7. The third-order valence-electron chi connectivity index (χ3n) is 5.49. The van der Waals surface area contributed by atoms with Gasteiger partial charge in [0.05, 0.1) is 24.9 Å². The van der Waals surface area contributed by atoms with Crippen molar-refractivity contribution >= 4 is 5.78 Å². The lowest BCUT2D eigenvalue weighted by Crippen LogP contribution is -2.41. The Labute approximate surface area is 153 Å². The zero-order valence-corrected chi connectivity index (χ0v) is 16.5. The molecule has 3 atom stereocenters. The first kappa shape index (κ1) is 22.1.